The fourth-order valence-corrected chi connectivity index (χ4v) is 1.95. The van der Waals surface area contributed by atoms with Crippen LogP contribution in [0.25, 0.3) is 0 Å². The predicted octanol–water partition coefficient (Wildman–Crippen LogP) is -0.120. The molecule has 1 saturated heterocycles. The second-order valence-corrected chi connectivity index (χ2v) is 4.19. The Morgan fingerprint density at radius 2 is 0.950 bits per heavy atom. The Hall–Kier alpha value is -2.52. The van der Waals surface area contributed by atoms with Gasteiger partial charge in [0.25, 0.3) is 0 Å². The van der Waals surface area contributed by atoms with Crippen molar-refractivity contribution in [3.8, 4) is 0 Å². The lowest BCUT2D eigenvalue weighted by Gasteiger charge is -2.36. The molecule has 1 rings (SSSR count). The first-order valence-corrected chi connectivity index (χ1v) is 5.91. The van der Waals surface area contributed by atoms with Gasteiger partial charge in [-0.25, -0.2) is 0 Å². The highest BCUT2D eigenvalue weighted by Gasteiger charge is 2.25. The van der Waals surface area contributed by atoms with Crippen LogP contribution in [0.5, 0.6) is 0 Å². The van der Waals surface area contributed by atoms with Gasteiger partial charge in [-0.2, -0.15) is 0 Å². The Kier molecular flexibility index (Phi) is 5.56. The van der Waals surface area contributed by atoms with Gasteiger partial charge in [-0.15, -0.1) is 0 Å². The number of oxime groups is 4. The molecule has 0 spiro atoms. The zero-order valence-electron chi connectivity index (χ0n) is 11.3. The van der Waals surface area contributed by atoms with Crippen molar-refractivity contribution in [3.05, 3.63) is 0 Å². The summed E-state index contributed by atoms with van der Waals surface area (Å²) in [6.45, 7) is 4.89. The molecule has 0 unspecified atom stereocenters. The van der Waals surface area contributed by atoms with E-state index in [1.165, 1.54) is 13.8 Å². The molecule has 10 heteroatoms. The van der Waals surface area contributed by atoms with E-state index in [4.69, 9.17) is 20.8 Å². The highest BCUT2D eigenvalue weighted by Crippen LogP contribution is 2.06. The summed E-state index contributed by atoms with van der Waals surface area (Å²) in [5.41, 5.74) is 0.398. The monoisotopic (exact) mass is 286 g/mol. The molecule has 0 aromatic rings. The smallest absolute Gasteiger partial charge is 0.192 e. The summed E-state index contributed by atoms with van der Waals surface area (Å²) in [7, 11) is 0. The fraction of sp³-hybridized carbons (Fsp3) is 0.600. The molecular weight excluding hydrogens is 268 g/mol. The Bertz CT molecular complexity index is 409. The van der Waals surface area contributed by atoms with E-state index in [-0.39, 0.29) is 23.1 Å². The van der Waals surface area contributed by atoms with E-state index in [0.29, 0.717) is 26.2 Å². The summed E-state index contributed by atoms with van der Waals surface area (Å²) < 4.78 is 0. The van der Waals surface area contributed by atoms with Crippen LogP contribution in [0.15, 0.2) is 20.6 Å². The molecule has 0 atom stereocenters. The van der Waals surface area contributed by atoms with Crippen LogP contribution in [0.4, 0.5) is 0 Å². The number of hydrogen-bond donors (Lipinski definition) is 4. The number of nitrogens with zero attached hydrogens (tertiary/aromatic N) is 6. The number of rotatable bonds is 2. The molecule has 0 saturated carbocycles. The van der Waals surface area contributed by atoms with Crippen LogP contribution in [0.2, 0.25) is 0 Å². The summed E-state index contributed by atoms with van der Waals surface area (Å²) in [6, 6.07) is 0. The maximum atomic E-state index is 8.95. The topological polar surface area (TPSA) is 137 Å². The number of piperazine rings is 1. The Morgan fingerprint density at radius 1 is 0.650 bits per heavy atom. The van der Waals surface area contributed by atoms with E-state index in [1.54, 1.807) is 9.80 Å². The molecule has 4 N–H and O–H groups in total. The average Bonchev–Trinajstić information content (AvgIpc) is 2.49. The van der Waals surface area contributed by atoms with Crippen LogP contribution in [0, 0.1) is 0 Å². The van der Waals surface area contributed by atoms with Gasteiger partial charge in [0.2, 0.25) is 0 Å². The van der Waals surface area contributed by atoms with Crippen LogP contribution < -0.4 is 0 Å². The van der Waals surface area contributed by atoms with Crippen molar-refractivity contribution in [2.75, 3.05) is 26.2 Å². The normalized spacial score (nSPS) is 19.5. The maximum Gasteiger partial charge on any atom is 0.192 e. The van der Waals surface area contributed by atoms with Crippen LogP contribution in [-0.4, -0.2) is 79.9 Å². The molecule has 10 nitrogen and oxygen atoms in total. The van der Waals surface area contributed by atoms with Crippen molar-refractivity contribution >= 4 is 23.1 Å². The van der Waals surface area contributed by atoms with E-state index in [9.17, 15) is 0 Å². The van der Waals surface area contributed by atoms with Crippen molar-refractivity contribution in [2.45, 2.75) is 13.8 Å². The molecule has 0 aliphatic carbocycles. The van der Waals surface area contributed by atoms with Crippen LogP contribution in [-0.2, 0) is 0 Å². The predicted molar refractivity (Wildman–Crippen MR) is 71.4 cm³/mol. The molecule has 0 bridgehead atoms. The van der Waals surface area contributed by atoms with E-state index in [0.717, 1.165) is 0 Å². The molecule has 20 heavy (non-hydrogen) atoms. The molecule has 0 aromatic heterocycles. The first-order chi connectivity index (χ1) is 9.58. The minimum Gasteiger partial charge on any atom is -0.411 e. The van der Waals surface area contributed by atoms with Crippen molar-refractivity contribution in [2.24, 2.45) is 20.6 Å². The molecule has 112 valence electrons. The average molecular weight is 286 g/mol. The van der Waals surface area contributed by atoms with Crippen LogP contribution in [0.3, 0.4) is 0 Å². The molecule has 1 aliphatic heterocycles. The minimum atomic E-state index is 0.183. The standard InChI is InChI=1S/C10H18N6O4/c1-7(11-17)9(13-19)15-3-5-16(6-4-15)10(14-20)8(2)12-18/h17-20H,3-6H2,1-2H3/b11-7+,12-8+,13-9+,14-10+. The van der Waals surface area contributed by atoms with Gasteiger partial charge >= 0.3 is 0 Å². The Balaban J connectivity index is 2.73. The lowest BCUT2D eigenvalue weighted by Crippen LogP contribution is -2.53. The Morgan fingerprint density at radius 3 is 1.15 bits per heavy atom. The molecular formula is C10H18N6O4. The van der Waals surface area contributed by atoms with Crippen molar-refractivity contribution in [3.63, 3.8) is 0 Å². The van der Waals surface area contributed by atoms with Gasteiger partial charge in [-0.3, -0.25) is 0 Å². The van der Waals surface area contributed by atoms with Gasteiger partial charge in [0.1, 0.15) is 11.4 Å². The van der Waals surface area contributed by atoms with Crippen LogP contribution in [0.1, 0.15) is 13.8 Å². The van der Waals surface area contributed by atoms with E-state index in [2.05, 4.69) is 20.6 Å². The van der Waals surface area contributed by atoms with E-state index < -0.39 is 0 Å². The quantitative estimate of drug-likeness (QED) is 0.242. The molecule has 0 aromatic carbocycles. The van der Waals surface area contributed by atoms with Crippen molar-refractivity contribution < 1.29 is 20.8 Å². The molecule has 1 aliphatic rings. The number of amidine groups is 2. The highest BCUT2D eigenvalue weighted by atomic mass is 16.4. The summed E-state index contributed by atoms with van der Waals surface area (Å²) in [5.74, 6) is 0.365. The van der Waals surface area contributed by atoms with Gasteiger partial charge in [0.15, 0.2) is 11.7 Å². The van der Waals surface area contributed by atoms with E-state index >= 15 is 0 Å². The SMILES string of the molecule is CC(=N\O)/C(=N\O)N1CCN(C(=N/O)/C(C)=N/O)CC1. The summed E-state index contributed by atoms with van der Waals surface area (Å²) in [4.78, 5) is 3.46. The third-order valence-electron chi connectivity index (χ3n) is 3.02. The summed E-state index contributed by atoms with van der Waals surface area (Å²) >= 11 is 0. The van der Waals surface area contributed by atoms with Crippen molar-refractivity contribution in [1.29, 1.82) is 0 Å². The second kappa shape index (κ2) is 7.16. The van der Waals surface area contributed by atoms with Gasteiger partial charge in [-0.05, 0) is 13.8 Å². The largest absolute Gasteiger partial charge is 0.411 e. The zero-order valence-corrected chi connectivity index (χ0v) is 11.3. The van der Waals surface area contributed by atoms with Gasteiger partial charge < -0.3 is 30.6 Å². The third kappa shape index (κ3) is 3.28. The van der Waals surface area contributed by atoms with Gasteiger partial charge in [0.05, 0.1) is 0 Å². The third-order valence-corrected chi connectivity index (χ3v) is 3.02. The lowest BCUT2D eigenvalue weighted by atomic mass is 10.2. The first-order valence-electron chi connectivity index (χ1n) is 5.91. The highest BCUT2D eigenvalue weighted by molar-refractivity contribution is 6.40. The maximum absolute atomic E-state index is 8.95. The van der Waals surface area contributed by atoms with Crippen LogP contribution >= 0.6 is 0 Å². The Labute approximate surface area is 115 Å². The second-order valence-electron chi connectivity index (χ2n) is 4.19. The fourth-order valence-electron chi connectivity index (χ4n) is 1.95. The molecule has 0 amide bonds. The zero-order chi connectivity index (χ0) is 15.1. The molecule has 0 radical (unpaired) electrons. The molecule has 1 heterocycles. The minimum absolute atomic E-state index is 0.183. The number of hydrogen-bond acceptors (Lipinski definition) is 8. The van der Waals surface area contributed by atoms with Crippen molar-refractivity contribution in [1.82, 2.24) is 9.80 Å². The molecule has 1 fully saturated rings. The summed E-state index contributed by atoms with van der Waals surface area (Å²) in [5, 5.41) is 47.6. The van der Waals surface area contributed by atoms with E-state index in [1.807, 2.05) is 0 Å². The van der Waals surface area contributed by atoms with Gasteiger partial charge in [0, 0.05) is 26.2 Å². The summed E-state index contributed by atoms with van der Waals surface area (Å²) in [6.07, 6.45) is 0. The van der Waals surface area contributed by atoms with Gasteiger partial charge in [-0.1, -0.05) is 20.6 Å². The lowest BCUT2D eigenvalue weighted by molar-refractivity contribution is 0.235. The first kappa shape index (κ1) is 15.5.